The second-order valence-corrected chi connectivity index (χ2v) is 1.86. The number of aromatic nitrogens is 2. The van der Waals surface area contributed by atoms with Gasteiger partial charge in [0.05, 0.1) is 6.33 Å². The highest BCUT2D eigenvalue weighted by atomic mass is 16.6. The first-order valence-electron chi connectivity index (χ1n) is 3.60. The Morgan fingerprint density at radius 3 is 2.00 bits per heavy atom. The summed E-state index contributed by atoms with van der Waals surface area (Å²) < 4.78 is 8.94. The van der Waals surface area contributed by atoms with Gasteiger partial charge in [-0.2, -0.15) is 0 Å². The van der Waals surface area contributed by atoms with Crippen LogP contribution in [0.5, 0.6) is 0 Å². The van der Waals surface area contributed by atoms with Gasteiger partial charge in [-0.3, -0.25) is 0 Å². The molecule has 82 valence electrons. The van der Waals surface area contributed by atoms with E-state index in [0.717, 1.165) is 0 Å². The second-order valence-electron chi connectivity index (χ2n) is 1.86. The molecule has 0 spiro atoms. The number of nitrogens with two attached hydrogens (primary N) is 2. The number of H-pyrrole nitrogens is 1. The van der Waals surface area contributed by atoms with Crippen molar-refractivity contribution in [3.05, 3.63) is 18.7 Å². The summed E-state index contributed by atoms with van der Waals surface area (Å²) in [6.45, 7) is 0.389. The van der Waals surface area contributed by atoms with Crippen LogP contribution < -0.4 is 11.5 Å². The minimum Gasteiger partial charge on any atom is -0.359 e. The lowest BCUT2D eigenvalue weighted by Gasteiger charge is -1.87. The Morgan fingerprint density at radius 1 is 1.43 bits per heavy atom. The highest BCUT2D eigenvalue weighted by Crippen LogP contribution is 1.62. The number of nitrogens with one attached hydrogen (secondary N) is 1. The lowest BCUT2D eigenvalue weighted by Crippen LogP contribution is -2.18. The first-order valence-corrected chi connectivity index (χ1v) is 3.60. The van der Waals surface area contributed by atoms with Gasteiger partial charge in [0, 0.05) is 26.6 Å². The van der Waals surface area contributed by atoms with Crippen molar-refractivity contribution in [1.29, 1.82) is 0 Å². The quantitative estimate of drug-likeness (QED) is 0.572. The summed E-state index contributed by atoms with van der Waals surface area (Å²) in [5.41, 5.74) is 8.50. The van der Waals surface area contributed by atoms with Crippen molar-refractivity contribution in [2.45, 2.75) is 0 Å². The van der Waals surface area contributed by atoms with Crippen LogP contribution in [0.15, 0.2) is 18.7 Å². The van der Waals surface area contributed by atoms with Gasteiger partial charge in [0.1, 0.15) is 6.79 Å². The topological polar surface area (TPSA) is 116 Å². The van der Waals surface area contributed by atoms with Crippen molar-refractivity contribution >= 4 is 6.03 Å². The molecule has 1 heterocycles. The molecule has 7 heteroatoms. The number of nitrogens with zero attached hydrogens (tertiary/aromatic N) is 1. The van der Waals surface area contributed by atoms with E-state index in [4.69, 9.17) is 4.79 Å². The standard InChI is InChI=1S/C3H4N2.C3H8O2.CH4N2O/c1-2-5-3-4-1;1-4-3-5-2;2-1(3)4/h1-3H,(H,4,5);3H2,1-2H3;(H4,2,3,4). The zero-order valence-corrected chi connectivity index (χ0v) is 8.27. The molecule has 0 aliphatic heterocycles. The number of ether oxygens (including phenoxy) is 2. The maximum atomic E-state index is 9.00. The van der Waals surface area contributed by atoms with E-state index < -0.39 is 6.03 Å². The lowest BCUT2D eigenvalue weighted by atomic mass is 11.0. The van der Waals surface area contributed by atoms with E-state index in [0.29, 0.717) is 6.79 Å². The van der Waals surface area contributed by atoms with Crippen LogP contribution in [-0.4, -0.2) is 37.0 Å². The van der Waals surface area contributed by atoms with E-state index in [9.17, 15) is 0 Å². The van der Waals surface area contributed by atoms with E-state index >= 15 is 0 Å². The minimum absolute atomic E-state index is 0.389. The second kappa shape index (κ2) is 14.0. The zero-order valence-electron chi connectivity index (χ0n) is 8.27. The van der Waals surface area contributed by atoms with Crippen molar-refractivity contribution in [3.63, 3.8) is 0 Å². The van der Waals surface area contributed by atoms with Crippen LogP contribution >= 0.6 is 0 Å². The Hall–Kier alpha value is -1.60. The van der Waals surface area contributed by atoms with Crippen LogP contribution in [0.4, 0.5) is 4.79 Å². The molecule has 1 rings (SSSR count). The van der Waals surface area contributed by atoms with Crippen LogP contribution in [-0.2, 0) is 9.47 Å². The summed E-state index contributed by atoms with van der Waals surface area (Å²) in [6.07, 6.45) is 5.08. The van der Waals surface area contributed by atoms with Gasteiger partial charge in [0.2, 0.25) is 0 Å². The molecule has 0 aromatic carbocycles. The van der Waals surface area contributed by atoms with Gasteiger partial charge in [-0.1, -0.05) is 0 Å². The Balaban J connectivity index is 0. The molecule has 0 bridgehead atoms. The van der Waals surface area contributed by atoms with Crippen molar-refractivity contribution in [2.24, 2.45) is 11.5 Å². The van der Waals surface area contributed by atoms with Gasteiger partial charge in [-0.25, -0.2) is 9.78 Å². The first-order chi connectivity index (χ1) is 6.65. The van der Waals surface area contributed by atoms with Crippen LogP contribution in [0.3, 0.4) is 0 Å². The molecular formula is C7H16N4O3. The summed E-state index contributed by atoms with van der Waals surface area (Å²) in [5, 5.41) is 0. The number of amides is 2. The molecule has 1 aromatic rings. The average molecular weight is 204 g/mol. The summed E-state index contributed by atoms with van der Waals surface area (Å²) in [5.74, 6) is 0. The fourth-order valence-corrected chi connectivity index (χ4v) is 0.333. The van der Waals surface area contributed by atoms with Gasteiger partial charge in [0.15, 0.2) is 0 Å². The van der Waals surface area contributed by atoms with Gasteiger partial charge in [-0.05, 0) is 0 Å². The zero-order chi connectivity index (χ0) is 11.2. The van der Waals surface area contributed by atoms with E-state index in [-0.39, 0.29) is 0 Å². The maximum absolute atomic E-state index is 9.00. The molecule has 7 nitrogen and oxygen atoms in total. The van der Waals surface area contributed by atoms with E-state index in [1.54, 1.807) is 32.9 Å². The van der Waals surface area contributed by atoms with Crippen LogP contribution in [0.25, 0.3) is 0 Å². The third-order valence-electron chi connectivity index (χ3n) is 0.642. The third kappa shape index (κ3) is 31.5. The summed E-state index contributed by atoms with van der Waals surface area (Å²) in [4.78, 5) is 15.4. The Labute approximate surface area is 82.4 Å². The third-order valence-corrected chi connectivity index (χ3v) is 0.642. The van der Waals surface area contributed by atoms with E-state index in [2.05, 4.69) is 30.9 Å². The number of hydrogen-bond donors (Lipinski definition) is 3. The first kappa shape index (κ1) is 14.9. The van der Waals surface area contributed by atoms with Crippen LogP contribution in [0.2, 0.25) is 0 Å². The van der Waals surface area contributed by atoms with Gasteiger partial charge in [0.25, 0.3) is 0 Å². The normalized spacial score (nSPS) is 7.57. The molecule has 0 aliphatic carbocycles. The number of primary amides is 2. The number of aromatic amines is 1. The number of urea groups is 1. The molecule has 2 amide bonds. The lowest BCUT2D eigenvalue weighted by molar-refractivity contribution is -0.00271. The summed E-state index contributed by atoms with van der Waals surface area (Å²) in [7, 11) is 3.17. The molecule has 0 aliphatic rings. The molecule has 14 heavy (non-hydrogen) atoms. The number of hydrogen-bond acceptors (Lipinski definition) is 4. The minimum atomic E-state index is -0.833. The smallest absolute Gasteiger partial charge is 0.309 e. The molecule has 0 atom stereocenters. The molecular weight excluding hydrogens is 188 g/mol. The highest BCUT2D eigenvalue weighted by molar-refractivity contribution is 5.69. The van der Waals surface area contributed by atoms with Crippen LogP contribution in [0.1, 0.15) is 0 Å². The van der Waals surface area contributed by atoms with Gasteiger partial charge in [-0.15, -0.1) is 0 Å². The van der Waals surface area contributed by atoms with E-state index in [1.165, 1.54) is 0 Å². The number of rotatable bonds is 2. The largest absolute Gasteiger partial charge is 0.359 e. The molecule has 0 radical (unpaired) electrons. The van der Waals surface area contributed by atoms with Gasteiger partial charge < -0.3 is 25.9 Å². The number of carbonyl (C=O) groups is 1. The Bertz CT molecular complexity index is 168. The number of carbonyl (C=O) groups excluding carboxylic acids is 1. The predicted molar refractivity (Wildman–Crippen MR) is 51.2 cm³/mol. The van der Waals surface area contributed by atoms with Crippen molar-refractivity contribution < 1.29 is 14.3 Å². The molecule has 1 aromatic heterocycles. The fraction of sp³-hybridized carbons (Fsp3) is 0.429. The average Bonchev–Trinajstić information content (AvgIpc) is 2.61. The number of methoxy groups -OCH3 is 2. The highest BCUT2D eigenvalue weighted by Gasteiger charge is 1.63. The molecule has 0 saturated carbocycles. The molecule has 0 saturated heterocycles. The van der Waals surface area contributed by atoms with Gasteiger partial charge >= 0.3 is 6.03 Å². The fourth-order valence-electron chi connectivity index (χ4n) is 0.333. The van der Waals surface area contributed by atoms with Crippen molar-refractivity contribution in [2.75, 3.05) is 21.0 Å². The Morgan fingerprint density at radius 2 is 1.93 bits per heavy atom. The number of imidazole rings is 1. The molecule has 0 unspecified atom stereocenters. The maximum Gasteiger partial charge on any atom is 0.309 e. The molecule has 5 N–H and O–H groups in total. The van der Waals surface area contributed by atoms with E-state index in [1.807, 2.05) is 0 Å². The van der Waals surface area contributed by atoms with Crippen molar-refractivity contribution in [3.8, 4) is 0 Å². The van der Waals surface area contributed by atoms with Crippen LogP contribution in [0, 0.1) is 0 Å². The molecule has 0 fully saturated rings. The summed E-state index contributed by atoms with van der Waals surface area (Å²) >= 11 is 0. The predicted octanol–water partition coefficient (Wildman–Crippen LogP) is -0.330. The Kier molecular flexibility index (Phi) is 14.9. The van der Waals surface area contributed by atoms with Crippen molar-refractivity contribution in [1.82, 2.24) is 9.97 Å². The monoisotopic (exact) mass is 204 g/mol. The summed E-state index contributed by atoms with van der Waals surface area (Å²) in [6, 6.07) is -0.833. The SMILES string of the molecule is COCOC.NC(N)=O.c1c[nH]cn1.